The smallest absolute Gasteiger partial charge is 0.303 e. The van der Waals surface area contributed by atoms with Gasteiger partial charge in [-0.15, -0.1) is 0 Å². The second-order valence-electron chi connectivity index (χ2n) is 7.45. The highest BCUT2D eigenvalue weighted by molar-refractivity contribution is 5.73. The van der Waals surface area contributed by atoms with Crippen molar-refractivity contribution in [1.82, 2.24) is 0 Å². The molecule has 3 fully saturated rings. The summed E-state index contributed by atoms with van der Waals surface area (Å²) >= 11 is 0. The first-order valence-electron chi connectivity index (χ1n) is 8.94. The molecule has 3 aliphatic carbocycles. The summed E-state index contributed by atoms with van der Waals surface area (Å²) in [5.41, 5.74) is -4.17. The van der Waals surface area contributed by atoms with Crippen LogP contribution in [0.25, 0.3) is 0 Å². The summed E-state index contributed by atoms with van der Waals surface area (Å²) in [4.78, 5) is 58.2. The topological polar surface area (TPSA) is 132 Å². The first-order chi connectivity index (χ1) is 13.4. The van der Waals surface area contributed by atoms with Gasteiger partial charge in [0.2, 0.25) is 0 Å². The van der Waals surface area contributed by atoms with Gasteiger partial charge in [0.15, 0.2) is 29.6 Å². The predicted octanol–water partition coefficient (Wildman–Crippen LogP) is -0.00340. The third kappa shape index (κ3) is 3.12. The molecule has 3 saturated carbocycles. The highest BCUT2D eigenvalue weighted by atomic mass is 19.1. The van der Waals surface area contributed by atoms with Crippen LogP contribution in [0, 0.1) is 11.8 Å². The molecule has 3 aliphatic rings. The van der Waals surface area contributed by atoms with Gasteiger partial charge in [-0.25, -0.2) is 4.39 Å². The fraction of sp³-hybridized carbons (Fsp3) is 0.722. The molecule has 0 aromatic carbocycles. The Balaban J connectivity index is 2.11. The molecule has 0 N–H and O–H groups in total. The Morgan fingerprint density at radius 3 is 1.45 bits per heavy atom. The largest absolute Gasteiger partial charge is 0.459 e. The first kappa shape index (κ1) is 21.0. The number of esters is 5. The lowest BCUT2D eigenvalue weighted by Gasteiger charge is -2.37. The summed E-state index contributed by atoms with van der Waals surface area (Å²) in [5, 5.41) is 0. The van der Waals surface area contributed by atoms with Crippen molar-refractivity contribution in [1.29, 1.82) is 0 Å². The number of carbonyl (C=O) groups excluding carboxylic acids is 5. The van der Waals surface area contributed by atoms with Gasteiger partial charge in [0.1, 0.15) is 6.10 Å². The van der Waals surface area contributed by atoms with Crippen molar-refractivity contribution in [3.8, 4) is 0 Å². The van der Waals surface area contributed by atoms with Crippen molar-refractivity contribution >= 4 is 29.8 Å². The van der Waals surface area contributed by atoms with E-state index in [9.17, 15) is 24.0 Å². The van der Waals surface area contributed by atoms with Crippen molar-refractivity contribution < 1.29 is 52.0 Å². The third-order valence-corrected chi connectivity index (χ3v) is 5.38. The first-order valence-corrected chi connectivity index (χ1v) is 8.94. The van der Waals surface area contributed by atoms with E-state index in [4.69, 9.17) is 23.7 Å². The van der Waals surface area contributed by atoms with Gasteiger partial charge < -0.3 is 23.7 Å². The molecular weight excluding hydrogens is 395 g/mol. The number of fused-ring (bicyclic) bond motifs is 3. The SMILES string of the molecule is CC(=O)OC1C2C3C(OC(C)=O)C3(OC(C)=O)C(OC(C)=O)C(OC(C)=O)C12F. The molecule has 0 bridgehead atoms. The van der Waals surface area contributed by atoms with Gasteiger partial charge in [0.25, 0.3) is 0 Å². The van der Waals surface area contributed by atoms with Crippen LogP contribution >= 0.6 is 0 Å². The van der Waals surface area contributed by atoms with Crippen LogP contribution in [0.4, 0.5) is 4.39 Å². The Hall–Kier alpha value is -2.72. The van der Waals surface area contributed by atoms with E-state index in [-0.39, 0.29) is 0 Å². The molecular formula is C18H21FO10. The van der Waals surface area contributed by atoms with Gasteiger partial charge in [-0.2, -0.15) is 0 Å². The van der Waals surface area contributed by atoms with E-state index in [1.165, 1.54) is 0 Å². The van der Waals surface area contributed by atoms with Crippen molar-refractivity contribution in [2.45, 2.75) is 70.3 Å². The van der Waals surface area contributed by atoms with Crippen LogP contribution in [0.15, 0.2) is 0 Å². The lowest BCUT2D eigenvalue weighted by molar-refractivity contribution is -0.209. The minimum absolute atomic E-state index is 0.740. The molecule has 29 heavy (non-hydrogen) atoms. The van der Waals surface area contributed by atoms with Crippen LogP contribution in [-0.4, -0.2) is 65.5 Å². The van der Waals surface area contributed by atoms with Gasteiger partial charge in [0, 0.05) is 34.6 Å². The summed E-state index contributed by atoms with van der Waals surface area (Å²) in [6, 6.07) is 0. The molecule has 160 valence electrons. The molecule has 8 unspecified atom stereocenters. The maximum atomic E-state index is 16.0. The van der Waals surface area contributed by atoms with Crippen LogP contribution in [0.2, 0.25) is 0 Å². The third-order valence-electron chi connectivity index (χ3n) is 5.38. The summed E-state index contributed by atoms with van der Waals surface area (Å²) in [6.07, 6.45) is -5.88. The lowest BCUT2D eigenvalue weighted by Crippen LogP contribution is -2.57. The second kappa shape index (κ2) is 6.67. The van der Waals surface area contributed by atoms with Gasteiger partial charge >= 0.3 is 29.8 Å². The molecule has 8 atom stereocenters. The van der Waals surface area contributed by atoms with Gasteiger partial charge in [-0.05, 0) is 0 Å². The van der Waals surface area contributed by atoms with E-state index < -0.39 is 77.4 Å². The average molecular weight is 416 g/mol. The van der Waals surface area contributed by atoms with Crippen molar-refractivity contribution in [2.75, 3.05) is 0 Å². The highest BCUT2D eigenvalue weighted by Gasteiger charge is 2.96. The van der Waals surface area contributed by atoms with E-state index in [1.807, 2.05) is 0 Å². The summed E-state index contributed by atoms with van der Waals surface area (Å²) in [6.45, 7) is 5.32. The number of alkyl halides is 1. The van der Waals surface area contributed by atoms with Crippen LogP contribution in [0.3, 0.4) is 0 Å². The van der Waals surface area contributed by atoms with Gasteiger partial charge in [-0.3, -0.25) is 24.0 Å². The molecule has 0 aromatic rings. The number of halogens is 1. The molecule has 0 aliphatic heterocycles. The van der Waals surface area contributed by atoms with Crippen LogP contribution in [0.1, 0.15) is 34.6 Å². The molecule has 10 nitrogen and oxygen atoms in total. The minimum Gasteiger partial charge on any atom is -0.459 e. The summed E-state index contributed by atoms with van der Waals surface area (Å²) in [5.74, 6) is -6.13. The molecule has 0 spiro atoms. The number of ether oxygens (including phenoxy) is 5. The number of hydrogen-bond donors (Lipinski definition) is 0. The highest BCUT2D eigenvalue weighted by Crippen LogP contribution is 2.74. The van der Waals surface area contributed by atoms with E-state index in [2.05, 4.69) is 0 Å². The van der Waals surface area contributed by atoms with E-state index in [1.54, 1.807) is 0 Å². The van der Waals surface area contributed by atoms with E-state index in [0.29, 0.717) is 0 Å². The normalized spacial score (nSPS) is 41.0. The molecule has 0 saturated heterocycles. The minimum atomic E-state index is -2.40. The van der Waals surface area contributed by atoms with Crippen LogP contribution < -0.4 is 0 Å². The van der Waals surface area contributed by atoms with Crippen molar-refractivity contribution in [3.63, 3.8) is 0 Å². The van der Waals surface area contributed by atoms with E-state index >= 15 is 4.39 Å². The molecule has 11 heteroatoms. The molecule has 0 heterocycles. The zero-order chi connectivity index (χ0) is 21.9. The molecule has 0 radical (unpaired) electrons. The Kier molecular flexibility index (Phi) is 4.83. The predicted molar refractivity (Wildman–Crippen MR) is 87.5 cm³/mol. The molecule has 3 rings (SSSR count). The number of carbonyl (C=O) groups is 5. The van der Waals surface area contributed by atoms with Crippen molar-refractivity contribution in [2.24, 2.45) is 11.8 Å². The van der Waals surface area contributed by atoms with Gasteiger partial charge in [0.05, 0.1) is 11.8 Å². The second-order valence-corrected chi connectivity index (χ2v) is 7.45. The number of hydrogen-bond acceptors (Lipinski definition) is 10. The standard InChI is InChI=1S/C18H21FO10/c1-6(20)25-13-11-12-14(26-7(2)21)18(12,29-10(5)24)16(28-9(4)23)15(17(11,13)19)27-8(3)22/h11-16H,1-5H3. The lowest BCUT2D eigenvalue weighted by atomic mass is 9.89. The molecule has 0 amide bonds. The Bertz CT molecular complexity index is 796. The van der Waals surface area contributed by atoms with E-state index in [0.717, 1.165) is 34.6 Å². The van der Waals surface area contributed by atoms with Crippen LogP contribution in [0.5, 0.6) is 0 Å². The fourth-order valence-electron chi connectivity index (χ4n) is 4.64. The zero-order valence-electron chi connectivity index (χ0n) is 16.4. The summed E-state index contributed by atoms with van der Waals surface area (Å²) < 4.78 is 42.0. The Morgan fingerprint density at radius 2 is 1.00 bits per heavy atom. The van der Waals surface area contributed by atoms with Crippen molar-refractivity contribution in [3.05, 3.63) is 0 Å². The summed E-state index contributed by atoms with van der Waals surface area (Å²) in [7, 11) is 0. The monoisotopic (exact) mass is 416 g/mol. The Labute approximate surface area is 164 Å². The average Bonchev–Trinajstić information content (AvgIpc) is 3.33. The molecule has 0 aromatic heterocycles. The van der Waals surface area contributed by atoms with Gasteiger partial charge in [-0.1, -0.05) is 0 Å². The maximum absolute atomic E-state index is 16.0. The van der Waals surface area contributed by atoms with Crippen LogP contribution in [-0.2, 0) is 47.7 Å². The maximum Gasteiger partial charge on any atom is 0.303 e. The fourth-order valence-corrected chi connectivity index (χ4v) is 4.64. The zero-order valence-corrected chi connectivity index (χ0v) is 16.4. The number of rotatable bonds is 5. The Morgan fingerprint density at radius 1 is 0.586 bits per heavy atom. The quantitative estimate of drug-likeness (QED) is 0.445.